The smallest absolute Gasteiger partial charge is 0.323 e. The van der Waals surface area contributed by atoms with Crippen LogP contribution in [-0.4, -0.2) is 63.0 Å². The van der Waals surface area contributed by atoms with E-state index in [1.165, 1.54) is 16.2 Å². The van der Waals surface area contributed by atoms with Gasteiger partial charge in [-0.3, -0.25) is 24.7 Å². The number of imide groups is 1. The van der Waals surface area contributed by atoms with Crippen molar-refractivity contribution in [3.63, 3.8) is 0 Å². The van der Waals surface area contributed by atoms with E-state index in [0.717, 1.165) is 10.6 Å². The molecule has 2 N–H and O–H groups in total. The molecule has 0 atom stereocenters. The third kappa shape index (κ3) is 4.30. The summed E-state index contributed by atoms with van der Waals surface area (Å²) in [7, 11) is 0. The molecule has 0 aliphatic carbocycles. The topological polar surface area (TPSA) is 108 Å². The lowest BCUT2D eigenvalue weighted by Crippen LogP contribution is -2.55. The molecule has 4 amide bonds. The number of nitrogens with one attached hydrogen (secondary N) is 2. The number of aryl methyl sites for hydroxylation is 1. The van der Waals surface area contributed by atoms with Gasteiger partial charge in [0, 0.05) is 18.1 Å². The number of aromatic nitrogens is 2. The lowest BCUT2D eigenvalue weighted by atomic mass is 9.87. The molecule has 3 heterocycles. The summed E-state index contributed by atoms with van der Waals surface area (Å²) in [5.41, 5.74) is -0.0618. The average molecular weight is 449 g/mol. The largest absolute Gasteiger partial charge is 0.325 e. The van der Waals surface area contributed by atoms with Crippen molar-refractivity contribution in [1.29, 1.82) is 0 Å². The van der Waals surface area contributed by atoms with Crippen LogP contribution < -0.4 is 10.6 Å². The van der Waals surface area contributed by atoms with E-state index in [2.05, 4.69) is 20.8 Å². The Balaban J connectivity index is 1.33. The number of anilines is 1. The Kier molecular flexibility index (Phi) is 5.72. The van der Waals surface area contributed by atoms with Crippen molar-refractivity contribution < 1.29 is 14.4 Å². The Morgan fingerprint density at radius 2 is 1.93 bits per heavy atom. The number of carbonyl (C=O) groups is 3. The lowest BCUT2D eigenvalue weighted by Gasteiger charge is -2.36. The van der Waals surface area contributed by atoms with Crippen LogP contribution in [-0.2, 0) is 16.1 Å². The van der Waals surface area contributed by atoms with Gasteiger partial charge in [-0.25, -0.2) is 4.79 Å². The van der Waals surface area contributed by atoms with Gasteiger partial charge in [0.05, 0.1) is 13.1 Å². The Hall–Kier alpha value is -2.56. The molecule has 11 heteroatoms. The normalized spacial score (nSPS) is 18.7. The summed E-state index contributed by atoms with van der Waals surface area (Å²) < 4.78 is 0. The number of halogens is 1. The van der Waals surface area contributed by atoms with Crippen molar-refractivity contribution in [1.82, 2.24) is 25.3 Å². The van der Waals surface area contributed by atoms with Crippen molar-refractivity contribution in [2.24, 2.45) is 0 Å². The SMILES string of the molecule is Cc1nnc(NC(=O)CN2CCC3(CC2)NC(=O)N(Cc2ccc(Cl)cc2)C3=O)s1. The van der Waals surface area contributed by atoms with Crippen LogP contribution in [0.1, 0.15) is 23.4 Å². The third-order valence-electron chi connectivity index (χ3n) is 5.35. The van der Waals surface area contributed by atoms with Crippen molar-refractivity contribution in [3.05, 3.63) is 39.9 Å². The minimum Gasteiger partial charge on any atom is -0.323 e. The van der Waals surface area contributed by atoms with Gasteiger partial charge in [-0.2, -0.15) is 0 Å². The molecule has 2 saturated heterocycles. The van der Waals surface area contributed by atoms with Crippen molar-refractivity contribution in [2.45, 2.75) is 31.8 Å². The van der Waals surface area contributed by atoms with Crippen molar-refractivity contribution in [3.8, 4) is 0 Å². The maximum atomic E-state index is 13.0. The quantitative estimate of drug-likeness (QED) is 0.677. The van der Waals surface area contributed by atoms with Gasteiger partial charge in [-0.1, -0.05) is 35.1 Å². The van der Waals surface area contributed by atoms with Gasteiger partial charge in [-0.05, 0) is 37.5 Å². The number of urea groups is 1. The van der Waals surface area contributed by atoms with Gasteiger partial charge in [0.15, 0.2) is 0 Å². The molecule has 1 spiro atoms. The molecule has 30 heavy (non-hydrogen) atoms. The molecule has 1 aromatic heterocycles. The molecule has 2 aliphatic rings. The fourth-order valence-electron chi connectivity index (χ4n) is 3.73. The van der Waals surface area contributed by atoms with Gasteiger partial charge in [0.25, 0.3) is 5.91 Å². The van der Waals surface area contributed by atoms with Gasteiger partial charge in [-0.15, -0.1) is 10.2 Å². The highest BCUT2D eigenvalue weighted by atomic mass is 35.5. The zero-order valence-electron chi connectivity index (χ0n) is 16.4. The maximum absolute atomic E-state index is 13.0. The standard InChI is InChI=1S/C19H21ClN6O3S/c1-12-23-24-17(30-12)21-15(27)11-25-8-6-19(7-9-25)16(28)26(18(29)22-19)10-13-2-4-14(20)5-3-13/h2-5H,6-11H2,1H3,(H,22,29)(H,21,24,27). The average Bonchev–Trinajstić information content (AvgIpc) is 3.21. The summed E-state index contributed by atoms with van der Waals surface area (Å²) in [6.07, 6.45) is 0.916. The zero-order valence-corrected chi connectivity index (χ0v) is 17.9. The summed E-state index contributed by atoms with van der Waals surface area (Å²) in [6.45, 7) is 3.29. The van der Waals surface area contributed by atoms with E-state index in [9.17, 15) is 14.4 Å². The molecule has 0 radical (unpaired) electrons. The highest BCUT2D eigenvalue weighted by Gasteiger charge is 2.52. The van der Waals surface area contributed by atoms with Crippen LogP contribution >= 0.6 is 22.9 Å². The summed E-state index contributed by atoms with van der Waals surface area (Å²) in [4.78, 5) is 41.0. The minimum absolute atomic E-state index is 0.173. The molecule has 2 aliphatic heterocycles. The number of benzene rings is 1. The van der Waals surface area contributed by atoms with Crippen LogP contribution in [0.4, 0.5) is 9.93 Å². The van der Waals surface area contributed by atoms with Gasteiger partial charge in [0.1, 0.15) is 10.5 Å². The van der Waals surface area contributed by atoms with Crippen LogP contribution in [0.3, 0.4) is 0 Å². The molecule has 158 valence electrons. The van der Waals surface area contributed by atoms with E-state index in [1.807, 2.05) is 11.8 Å². The summed E-state index contributed by atoms with van der Waals surface area (Å²) in [5, 5.41) is 15.2. The Bertz CT molecular complexity index is 971. The Morgan fingerprint density at radius 1 is 1.23 bits per heavy atom. The van der Waals surface area contributed by atoms with Crippen molar-refractivity contribution in [2.75, 3.05) is 25.0 Å². The second-order valence-corrected chi connectivity index (χ2v) is 9.10. The first-order valence-electron chi connectivity index (χ1n) is 9.55. The molecule has 0 saturated carbocycles. The monoisotopic (exact) mass is 448 g/mol. The van der Waals surface area contributed by atoms with Gasteiger partial charge >= 0.3 is 6.03 Å². The number of hydrogen-bond donors (Lipinski definition) is 2. The lowest BCUT2D eigenvalue weighted by molar-refractivity contribution is -0.133. The molecule has 4 rings (SSSR count). The molecule has 2 aromatic rings. The second-order valence-electron chi connectivity index (χ2n) is 7.48. The third-order valence-corrected chi connectivity index (χ3v) is 6.36. The van der Waals surface area contributed by atoms with E-state index in [-0.39, 0.29) is 30.9 Å². The molecule has 2 fully saturated rings. The molecule has 0 unspecified atom stereocenters. The fourth-order valence-corrected chi connectivity index (χ4v) is 4.47. The van der Waals surface area contributed by atoms with Crippen LogP contribution in [0.25, 0.3) is 0 Å². The number of hydrogen-bond acceptors (Lipinski definition) is 7. The maximum Gasteiger partial charge on any atom is 0.325 e. The molecule has 1 aromatic carbocycles. The van der Waals surface area contributed by atoms with E-state index in [4.69, 9.17) is 11.6 Å². The van der Waals surface area contributed by atoms with E-state index in [0.29, 0.717) is 36.1 Å². The fraction of sp³-hybridized carbons (Fsp3) is 0.421. The molecular formula is C19H21ClN6O3S. The minimum atomic E-state index is -0.896. The zero-order chi connectivity index (χ0) is 21.3. The number of amides is 4. The first-order valence-corrected chi connectivity index (χ1v) is 10.7. The predicted octanol–water partition coefficient (Wildman–Crippen LogP) is 2.03. The van der Waals surface area contributed by atoms with Crippen LogP contribution in [0.15, 0.2) is 24.3 Å². The van der Waals surface area contributed by atoms with E-state index >= 15 is 0 Å². The summed E-state index contributed by atoms with van der Waals surface area (Å²) in [6, 6.07) is 6.69. The number of piperidine rings is 1. The first kappa shape index (κ1) is 20.7. The number of nitrogens with zero attached hydrogens (tertiary/aromatic N) is 4. The summed E-state index contributed by atoms with van der Waals surface area (Å²) >= 11 is 7.22. The van der Waals surface area contributed by atoms with Crippen molar-refractivity contribution >= 4 is 45.9 Å². The van der Waals surface area contributed by atoms with Gasteiger partial charge in [0.2, 0.25) is 11.0 Å². The number of carbonyl (C=O) groups excluding carboxylic acids is 3. The molecule has 0 bridgehead atoms. The number of rotatable bonds is 5. The Morgan fingerprint density at radius 3 is 2.57 bits per heavy atom. The van der Waals surface area contributed by atoms with E-state index < -0.39 is 5.54 Å². The molecular weight excluding hydrogens is 428 g/mol. The highest BCUT2D eigenvalue weighted by Crippen LogP contribution is 2.30. The van der Waals surface area contributed by atoms with Gasteiger partial charge < -0.3 is 5.32 Å². The number of likely N-dealkylation sites (tertiary alicyclic amines) is 1. The van der Waals surface area contributed by atoms with Crippen LogP contribution in [0.2, 0.25) is 5.02 Å². The van der Waals surface area contributed by atoms with Crippen LogP contribution in [0, 0.1) is 6.92 Å². The first-order chi connectivity index (χ1) is 14.3. The van der Waals surface area contributed by atoms with Crippen LogP contribution in [0.5, 0.6) is 0 Å². The predicted molar refractivity (Wildman–Crippen MR) is 112 cm³/mol. The highest BCUT2D eigenvalue weighted by molar-refractivity contribution is 7.15. The van der Waals surface area contributed by atoms with E-state index in [1.54, 1.807) is 24.3 Å². The second kappa shape index (κ2) is 8.29. The summed E-state index contributed by atoms with van der Waals surface area (Å²) in [5.74, 6) is -0.385. The Labute approximate surface area is 182 Å². The molecule has 9 nitrogen and oxygen atoms in total.